The molecule has 0 N–H and O–H groups in total. The van der Waals surface area contributed by atoms with Gasteiger partial charge in [0.05, 0.1) is 0 Å². The molecule has 0 unspecified atom stereocenters. The SMILES string of the molecule is CCCCCCCCC(=O)Oc1ccc(C)cc1. The Bertz CT molecular complexity index is 341. The Morgan fingerprint density at radius 2 is 1.61 bits per heavy atom. The molecule has 0 radical (unpaired) electrons. The fraction of sp³-hybridized carbons (Fsp3) is 0.562. The molecule has 0 heterocycles. The van der Waals surface area contributed by atoms with Crippen LogP contribution in [0.5, 0.6) is 5.75 Å². The van der Waals surface area contributed by atoms with Gasteiger partial charge in [-0.15, -0.1) is 0 Å². The largest absolute Gasteiger partial charge is 0.427 e. The summed E-state index contributed by atoms with van der Waals surface area (Å²) in [4.78, 5) is 11.6. The normalized spacial score (nSPS) is 10.3. The summed E-state index contributed by atoms with van der Waals surface area (Å²) in [6, 6.07) is 7.59. The molecule has 0 bridgehead atoms. The zero-order chi connectivity index (χ0) is 13.2. The van der Waals surface area contributed by atoms with Crippen molar-refractivity contribution in [2.75, 3.05) is 0 Å². The molecular weight excluding hydrogens is 224 g/mol. The van der Waals surface area contributed by atoms with Gasteiger partial charge in [0, 0.05) is 6.42 Å². The molecule has 0 aliphatic carbocycles. The molecule has 0 spiro atoms. The lowest BCUT2D eigenvalue weighted by Crippen LogP contribution is -2.07. The van der Waals surface area contributed by atoms with Gasteiger partial charge in [0.15, 0.2) is 0 Å². The predicted octanol–water partition coefficient (Wildman–Crippen LogP) is 4.65. The van der Waals surface area contributed by atoms with E-state index in [9.17, 15) is 4.79 Å². The van der Waals surface area contributed by atoms with E-state index in [1.165, 1.54) is 31.2 Å². The predicted molar refractivity (Wildman–Crippen MR) is 74.8 cm³/mol. The van der Waals surface area contributed by atoms with Crippen LogP contribution in [-0.4, -0.2) is 5.97 Å². The van der Waals surface area contributed by atoms with Crippen molar-refractivity contribution in [3.05, 3.63) is 29.8 Å². The van der Waals surface area contributed by atoms with Crippen molar-refractivity contribution >= 4 is 5.97 Å². The monoisotopic (exact) mass is 248 g/mol. The quantitative estimate of drug-likeness (QED) is 0.380. The Balaban J connectivity index is 2.12. The maximum atomic E-state index is 11.6. The van der Waals surface area contributed by atoms with Crippen LogP contribution in [0.15, 0.2) is 24.3 Å². The summed E-state index contributed by atoms with van der Waals surface area (Å²) in [6.45, 7) is 4.22. The van der Waals surface area contributed by atoms with E-state index < -0.39 is 0 Å². The third-order valence-electron chi connectivity index (χ3n) is 2.99. The van der Waals surface area contributed by atoms with Gasteiger partial charge in [-0.05, 0) is 25.5 Å². The molecule has 0 fully saturated rings. The molecule has 0 saturated carbocycles. The first-order chi connectivity index (χ1) is 8.72. The maximum absolute atomic E-state index is 11.6. The minimum Gasteiger partial charge on any atom is -0.427 e. The smallest absolute Gasteiger partial charge is 0.311 e. The molecule has 1 aromatic rings. The van der Waals surface area contributed by atoms with E-state index in [0.717, 1.165) is 12.8 Å². The summed E-state index contributed by atoms with van der Waals surface area (Å²) in [5, 5.41) is 0. The summed E-state index contributed by atoms with van der Waals surface area (Å²) in [6.07, 6.45) is 7.66. The molecule has 0 aliphatic rings. The van der Waals surface area contributed by atoms with Crippen molar-refractivity contribution in [3.8, 4) is 5.75 Å². The van der Waals surface area contributed by atoms with E-state index in [1.54, 1.807) is 0 Å². The highest BCUT2D eigenvalue weighted by atomic mass is 16.5. The van der Waals surface area contributed by atoms with Crippen LogP contribution in [0.4, 0.5) is 0 Å². The Morgan fingerprint density at radius 1 is 1.00 bits per heavy atom. The number of unbranched alkanes of at least 4 members (excludes halogenated alkanes) is 5. The van der Waals surface area contributed by atoms with Crippen molar-refractivity contribution < 1.29 is 9.53 Å². The van der Waals surface area contributed by atoms with Crippen LogP contribution in [0.2, 0.25) is 0 Å². The molecule has 1 rings (SSSR count). The second-order valence-electron chi connectivity index (χ2n) is 4.80. The van der Waals surface area contributed by atoms with E-state index >= 15 is 0 Å². The highest BCUT2D eigenvalue weighted by Gasteiger charge is 2.04. The number of hydrogen-bond acceptors (Lipinski definition) is 2. The first-order valence-electron chi connectivity index (χ1n) is 6.99. The highest BCUT2D eigenvalue weighted by Crippen LogP contribution is 2.13. The minimum atomic E-state index is -0.116. The van der Waals surface area contributed by atoms with Crippen molar-refractivity contribution in [2.24, 2.45) is 0 Å². The number of aryl methyl sites for hydroxylation is 1. The van der Waals surface area contributed by atoms with Crippen LogP contribution in [0.3, 0.4) is 0 Å². The minimum absolute atomic E-state index is 0.116. The number of benzene rings is 1. The second-order valence-corrected chi connectivity index (χ2v) is 4.80. The Kier molecular flexibility index (Phi) is 7.16. The van der Waals surface area contributed by atoms with Crippen molar-refractivity contribution in [2.45, 2.75) is 58.8 Å². The lowest BCUT2D eigenvalue weighted by atomic mass is 10.1. The lowest BCUT2D eigenvalue weighted by molar-refractivity contribution is -0.134. The molecule has 0 saturated heterocycles. The van der Waals surface area contributed by atoms with Gasteiger partial charge in [-0.3, -0.25) is 4.79 Å². The van der Waals surface area contributed by atoms with E-state index in [0.29, 0.717) is 12.2 Å². The molecule has 18 heavy (non-hydrogen) atoms. The van der Waals surface area contributed by atoms with E-state index in [2.05, 4.69) is 6.92 Å². The van der Waals surface area contributed by atoms with Gasteiger partial charge in [-0.1, -0.05) is 56.7 Å². The highest BCUT2D eigenvalue weighted by molar-refractivity contribution is 5.72. The Labute approximate surface area is 110 Å². The first kappa shape index (κ1) is 14.7. The molecular formula is C16H24O2. The number of rotatable bonds is 8. The first-order valence-corrected chi connectivity index (χ1v) is 6.99. The molecule has 0 atom stereocenters. The Hall–Kier alpha value is -1.31. The van der Waals surface area contributed by atoms with E-state index in [1.807, 2.05) is 31.2 Å². The van der Waals surface area contributed by atoms with Crippen LogP contribution in [0, 0.1) is 6.92 Å². The number of carbonyl (C=O) groups excluding carboxylic acids is 1. The van der Waals surface area contributed by atoms with Crippen molar-refractivity contribution in [1.82, 2.24) is 0 Å². The average molecular weight is 248 g/mol. The molecule has 1 aromatic carbocycles. The lowest BCUT2D eigenvalue weighted by Gasteiger charge is -2.04. The second kappa shape index (κ2) is 8.73. The van der Waals surface area contributed by atoms with Gasteiger partial charge in [-0.25, -0.2) is 0 Å². The molecule has 2 nitrogen and oxygen atoms in total. The topological polar surface area (TPSA) is 26.3 Å². The summed E-state index contributed by atoms with van der Waals surface area (Å²) in [5.74, 6) is 0.533. The van der Waals surface area contributed by atoms with Crippen molar-refractivity contribution in [3.63, 3.8) is 0 Å². The van der Waals surface area contributed by atoms with Crippen LogP contribution in [-0.2, 0) is 4.79 Å². The van der Waals surface area contributed by atoms with Gasteiger partial charge in [-0.2, -0.15) is 0 Å². The number of carbonyl (C=O) groups is 1. The maximum Gasteiger partial charge on any atom is 0.311 e. The molecule has 0 aliphatic heterocycles. The number of esters is 1. The van der Waals surface area contributed by atoms with Gasteiger partial charge < -0.3 is 4.74 Å². The average Bonchev–Trinajstić information content (AvgIpc) is 2.36. The van der Waals surface area contributed by atoms with Crippen LogP contribution >= 0.6 is 0 Å². The van der Waals surface area contributed by atoms with Crippen molar-refractivity contribution in [1.29, 1.82) is 0 Å². The molecule has 0 aromatic heterocycles. The summed E-state index contributed by atoms with van der Waals surface area (Å²) >= 11 is 0. The van der Waals surface area contributed by atoms with E-state index in [4.69, 9.17) is 4.74 Å². The van der Waals surface area contributed by atoms with Crippen LogP contribution in [0.25, 0.3) is 0 Å². The van der Waals surface area contributed by atoms with Gasteiger partial charge in [0.2, 0.25) is 0 Å². The summed E-state index contributed by atoms with van der Waals surface area (Å²) < 4.78 is 5.26. The molecule has 2 heteroatoms. The van der Waals surface area contributed by atoms with E-state index in [-0.39, 0.29) is 5.97 Å². The van der Waals surface area contributed by atoms with Gasteiger partial charge in [0.25, 0.3) is 0 Å². The van der Waals surface area contributed by atoms with Crippen LogP contribution < -0.4 is 4.74 Å². The molecule has 100 valence electrons. The van der Waals surface area contributed by atoms with Gasteiger partial charge >= 0.3 is 5.97 Å². The standard InChI is InChI=1S/C16H24O2/c1-3-4-5-6-7-8-9-16(17)18-15-12-10-14(2)11-13-15/h10-13H,3-9H2,1-2H3. The summed E-state index contributed by atoms with van der Waals surface area (Å²) in [5.41, 5.74) is 1.17. The number of ether oxygens (including phenoxy) is 1. The van der Waals surface area contributed by atoms with Crippen LogP contribution in [0.1, 0.15) is 57.4 Å². The zero-order valence-electron chi connectivity index (χ0n) is 11.6. The summed E-state index contributed by atoms with van der Waals surface area (Å²) in [7, 11) is 0. The zero-order valence-corrected chi connectivity index (χ0v) is 11.6. The third-order valence-corrected chi connectivity index (χ3v) is 2.99. The number of hydrogen-bond donors (Lipinski definition) is 0. The third kappa shape index (κ3) is 6.43. The van der Waals surface area contributed by atoms with Gasteiger partial charge in [0.1, 0.15) is 5.75 Å². The fourth-order valence-electron chi connectivity index (χ4n) is 1.84. The Morgan fingerprint density at radius 3 is 2.28 bits per heavy atom. The molecule has 0 amide bonds. The fourth-order valence-corrected chi connectivity index (χ4v) is 1.84.